The molecule has 2 aliphatic rings. The lowest BCUT2D eigenvalue weighted by Crippen LogP contribution is -2.63. The number of nitrogens with two attached hydrogens (primary N) is 1. The summed E-state index contributed by atoms with van der Waals surface area (Å²) >= 11 is 0. The average molecular weight is 267 g/mol. The fraction of sp³-hybridized carbons (Fsp3) is 0.867. The lowest BCUT2D eigenvalue weighted by atomic mass is 9.83. The molecule has 0 aromatic carbocycles. The zero-order valence-electron chi connectivity index (χ0n) is 12.3. The molecule has 4 heteroatoms. The number of hydrazine groups is 1. The molecule has 1 aliphatic heterocycles. The number of allylic oxidation sites excluding steroid dienone is 1. The molecule has 0 bridgehead atoms. The molecule has 1 saturated heterocycles. The maximum absolute atomic E-state index is 5.89. The lowest BCUT2D eigenvalue weighted by molar-refractivity contribution is -0.0368. The van der Waals surface area contributed by atoms with Gasteiger partial charge in [-0.25, -0.2) is 0 Å². The summed E-state index contributed by atoms with van der Waals surface area (Å²) in [6, 6.07) is 0.366. The van der Waals surface area contributed by atoms with Crippen LogP contribution in [0.15, 0.2) is 12.2 Å². The zero-order chi connectivity index (χ0) is 13.7. The Labute approximate surface area is 117 Å². The highest BCUT2D eigenvalue weighted by Crippen LogP contribution is 2.40. The van der Waals surface area contributed by atoms with Gasteiger partial charge < -0.3 is 4.74 Å². The maximum Gasteiger partial charge on any atom is 0.0594 e. The van der Waals surface area contributed by atoms with Crippen molar-refractivity contribution in [3.8, 4) is 0 Å². The molecule has 1 unspecified atom stereocenters. The third-order valence-electron chi connectivity index (χ3n) is 4.82. The molecule has 19 heavy (non-hydrogen) atoms. The van der Waals surface area contributed by atoms with Gasteiger partial charge in [0, 0.05) is 24.7 Å². The molecule has 1 aliphatic carbocycles. The van der Waals surface area contributed by atoms with Crippen LogP contribution >= 0.6 is 0 Å². The van der Waals surface area contributed by atoms with Gasteiger partial charge in [-0.2, -0.15) is 0 Å². The predicted octanol–water partition coefficient (Wildman–Crippen LogP) is 1.82. The molecule has 3 N–H and O–H groups in total. The fourth-order valence-corrected chi connectivity index (χ4v) is 3.78. The third kappa shape index (κ3) is 3.37. The van der Waals surface area contributed by atoms with Crippen LogP contribution < -0.4 is 11.3 Å². The molecule has 4 nitrogen and oxygen atoms in total. The first kappa shape index (κ1) is 15.0. The summed E-state index contributed by atoms with van der Waals surface area (Å²) < 4.78 is 5.51. The first-order valence-corrected chi connectivity index (χ1v) is 7.62. The van der Waals surface area contributed by atoms with Crippen molar-refractivity contribution in [2.24, 2.45) is 5.84 Å². The predicted molar refractivity (Wildman–Crippen MR) is 78.8 cm³/mol. The molecule has 0 aromatic heterocycles. The Hall–Kier alpha value is -0.420. The summed E-state index contributed by atoms with van der Waals surface area (Å²) in [6.07, 6.45) is 7.31. The monoisotopic (exact) mass is 267 g/mol. The van der Waals surface area contributed by atoms with Crippen LogP contribution in [0.5, 0.6) is 0 Å². The smallest absolute Gasteiger partial charge is 0.0594 e. The number of nitrogens with one attached hydrogen (secondary N) is 1. The molecule has 0 amide bonds. The van der Waals surface area contributed by atoms with Gasteiger partial charge in [-0.05, 0) is 32.6 Å². The fourth-order valence-electron chi connectivity index (χ4n) is 3.78. The SMILES string of the molecule is C=C(C)CCC(NN)C1(N2CCOCC2)CCCC1. The van der Waals surface area contributed by atoms with Crippen molar-refractivity contribution >= 4 is 0 Å². The van der Waals surface area contributed by atoms with Gasteiger partial charge in [0.25, 0.3) is 0 Å². The van der Waals surface area contributed by atoms with E-state index in [9.17, 15) is 0 Å². The molecule has 1 heterocycles. The van der Waals surface area contributed by atoms with Crippen LogP contribution in [0, 0.1) is 0 Å². The van der Waals surface area contributed by atoms with Gasteiger partial charge in [-0.15, -0.1) is 6.58 Å². The number of nitrogens with zero attached hydrogens (tertiary/aromatic N) is 1. The number of rotatable bonds is 6. The molecular weight excluding hydrogens is 238 g/mol. The summed E-state index contributed by atoms with van der Waals surface area (Å²) in [4.78, 5) is 2.63. The van der Waals surface area contributed by atoms with E-state index in [0.29, 0.717) is 6.04 Å². The topological polar surface area (TPSA) is 50.5 Å². The summed E-state index contributed by atoms with van der Waals surface area (Å²) in [6.45, 7) is 9.94. The number of hydrogen-bond donors (Lipinski definition) is 2. The van der Waals surface area contributed by atoms with Gasteiger partial charge in [0.15, 0.2) is 0 Å². The van der Waals surface area contributed by atoms with Crippen LogP contribution in [-0.4, -0.2) is 42.8 Å². The van der Waals surface area contributed by atoms with Crippen LogP contribution in [0.2, 0.25) is 0 Å². The largest absolute Gasteiger partial charge is 0.379 e. The lowest BCUT2D eigenvalue weighted by Gasteiger charge is -2.48. The summed E-state index contributed by atoms with van der Waals surface area (Å²) in [5.74, 6) is 5.89. The minimum atomic E-state index is 0.244. The van der Waals surface area contributed by atoms with E-state index >= 15 is 0 Å². The Balaban J connectivity index is 2.08. The molecule has 2 fully saturated rings. The molecule has 1 saturated carbocycles. The average Bonchev–Trinajstić information content (AvgIpc) is 2.91. The molecule has 1 atom stereocenters. The zero-order valence-corrected chi connectivity index (χ0v) is 12.3. The normalized spacial score (nSPS) is 25.4. The maximum atomic E-state index is 5.89. The van der Waals surface area contributed by atoms with E-state index < -0.39 is 0 Å². The van der Waals surface area contributed by atoms with Gasteiger partial charge in [0.05, 0.1) is 13.2 Å². The van der Waals surface area contributed by atoms with E-state index in [2.05, 4.69) is 23.8 Å². The Morgan fingerprint density at radius 1 is 1.37 bits per heavy atom. The van der Waals surface area contributed by atoms with Gasteiger partial charge in [0.2, 0.25) is 0 Å². The first-order valence-electron chi connectivity index (χ1n) is 7.62. The van der Waals surface area contributed by atoms with E-state index in [1.807, 2.05) is 0 Å². The molecular formula is C15H29N3O. The van der Waals surface area contributed by atoms with Crippen molar-refractivity contribution in [3.05, 3.63) is 12.2 Å². The molecule has 110 valence electrons. The van der Waals surface area contributed by atoms with E-state index in [-0.39, 0.29) is 5.54 Å². The van der Waals surface area contributed by atoms with E-state index in [4.69, 9.17) is 10.6 Å². The van der Waals surface area contributed by atoms with Gasteiger partial charge >= 0.3 is 0 Å². The highest BCUT2D eigenvalue weighted by atomic mass is 16.5. The molecule has 0 spiro atoms. The number of hydrogen-bond acceptors (Lipinski definition) is 4. The standard InChI is InChI=1S/C15H29N3O/c1-13(2)5-6-14(17-16)15(7-3-4-8-15)18-9-11-19-12-10-18/h14,17H,1,3-12,16H2,2H3. The summed E-state index contributed by atoms with van der Waals surface area (Å²) in [7, 11) is 0. The highest BCUT2D eigenvalue weighted by Gasteiger charge is 2.45. The van der Waals surface area contributed by atoms with Gasteiger partial charge in [0.1, 0.15) is 0 Å². The van der Waals surface area contributed by atoms with Crippen molar-refractivity contribution in [2.45, 2.75) is 57.0 Å². The van der Waals surface area contributed by atoms with Gasteiger partial charge in [-0.3, -0.25) is 16.2 Å². The van der Waals surface area contributed by atoms with E-state index in [1.54, 1.807) is 0 Å². The third-order valence-corrected chi connectivity index (χ3v) is 4.82. The van der Waals surface area contributed by atoms with Crippen molar-refractivity contribution in [2.75, 3.05) is 26.3 Å². The summed E-state index contributed by atoms with van der Waals surface area (Å²) in [5.41, 5.74) is 4.60. The minimum Gasteiger partial charge on any atom is -0.379 e. The number of ether oxygens (including phenoxy) is 1. The second kappa shape index (κ2) is 6.84. The van der Waals surface area contributed by atoms with Gasteiger partial charge in [-0.1, -0.05) is 18.4 Å². The van der Waals surface area contributed by atoms with Crippen LogP contribution in [0.3, 0.4) is 0 Å². The highest BCUT2D eigenvalue weighted by molar-refractivity contribution is 5.05. The van der Waals surface area contributed by atoms with E-state index in [1.165, 1.54) is 31.3 Å². The second-order valence-electron chi connectivity index (χ2n) is 6.13. The molecule has 2 rings (SSSR count). The number of morpholine rings is 1. The van der Waals surface area contributed by atoms with Crippen LogP contribution in [0.1, 0.15) is 45.4 Å². The Morgan fingerprint density at radius 3 is 2.53 bits per heavy atom. The Kier molecular flexibility index (Phi) is 5.39. The molecule has 0 radical (unpaired) electrons. The van der Waals surface area contributed by atoms with Crippen molar-refractivity contribution in [1.29, 1.82) is 0 Å². The van der Waals surface area contributed by atoms with Crippen molar-refractivity contribution < 1.29 is 4.74 Å². The second-order valence-corrected chi connectivity index (χ2v) is 6.13. The van der Waals surface area contributed by atoms with E-state index in [0.717, 1.165) is 39.1 Å². The minimum absolute atomic E-state index is 0.244. The first-order chi connectivity index (χ1) is 9.19. The summed E-state index contributed by atoms with van der Waals surface area (Å²) in [5, 5.41) is 0. The van der Waals surface area contributed by atoms with Crippen molar-refractivity contribution in [3.63, 3.8) is 0 Å². The van der Waals surface area contributed by atoms with Crippen molar-refractivity contribution in [1.82, 2.24) is 10.3 Å². The van der Waals surface area contributed by atoms with Crippen LogP contribution in [-0.2, 0) is 4.74 Å². The quantitative estimate of drug-likeness (QED) is 0.438. The Bertz CT molecular complexity index is 294. The molecule has 0 aromatic rings. The van der Waals surface area contributed by atoms with Crippen LogP contribution in [0.25, 0.3) is 0 Å². The van der Waals surface area contributed by atoms with Crippen LogP contribution in [0.4, 0.5) is 0 Å². The Morgan fingerprint density at radius 2 is 2.00 bits per heavy atom.